The van der Waals surface area contributed by atoms with Crippen molar-refractivity contribution in [3.8, 4) is 0 Å². The van der Waals surface area contributed by atoms with Crippen molar-refractivity contribution in [3.05, 3.63) is 0 Å². The number of aliphatic hydroxyl groups excluding tert-OH is 3. The molecule has 0 fully saturated rings. The molecule has 0 spiro atoms. The van der Waals surface area contributed by atoms with Crippen LogP contribution in [-0.4, -0.2) is 68.0 Å². The van der Waals surface area contributed by atoms with Crippen LogP contribution >= 0.6 is 0 Å². The highest BCUT2D eigenvalue weighted by Gasteiger charge is 2.50. The van der Waals surface area contributed by atoms with E-state index in [1.54, 1.807) is 0 Å². The van der Waals surface area contributed by atoms with Gasteiger partial charge in [-0.05, 0) is 13.3 Å². The molecule has 0 aromatic carbocycles. The lowest BCUT2D eigenvalue weighted by atomic mass is 9.87. The summed E-state index contributed by atoms with van der Waals surface area (Å²) in [5.41, 5.74) is -2.16. The average Bonchev–Trinajstić information content (AvgIpc) is 2.32. The summed E-state index contributed by atoms with van der Waals surface area (Å²) in [6.07, 6.45) is -6.76. The predicted molar refractivity (Wildman–Crippen MR) is 57.9 cm³/mol. The van der Waals surface area contributed by atoms with E-state index in [1.165, 1.54) is 13.8 Å². The SMILES string of the molecule is CCO[C@@](CC)(C(=O)O)[C@@H](O)[C@@H](O)[C@H](O)C(=O)O. The molecule has 0 saturated heterocycles. The molecule has 0 aromatic heterocycles. The predicted octanol–water partition coefficient (Wildman–Crippen LogP) is -1.58. The van der Waals surface area contributed by atoms with Gasteiger partial charge in [-0.15, -0.1) is 0 Å². The Balaban J connectivity index is 5.24. The van der Waals surface area contributed by atoms with Crippen LogP contribution in [-0.2, 0) is 14.3 Å². The van der Waals surface area contributed by atoms with Crippen LogP contribution in [0.1, 0.15) is 20.3 Å². The molecule has 0 unspecified atom stereocenters. The van der Waals surface area contributed by atoms with Gasteiger partial charge in [0.25, 0.3) is 0 Å². The maximum atomic E-state index is 11.2. The first-order valence-electron chi connectivity index (χ1n) is 5.38. The van der Waals surface area contributed by atoms with Crippen molar-refractivity contribution in [2.75, 3.05) is 6.61 Å². The molecule has 5 N–H and O–H groups in total. The van der Waals surface area contributed by atoms with Crippen LogP contribution in [0.2, 0.25) is 0 Å². The Morgan fingerprint density at radius 1 is 1.17 bits per heavy atom. The Hall–Kier alpha value is -1.22. The highest BCUT2D eigenvalue weighted by molar-refractivity contribution is 5.79. The molecular weight excluding hydrogens is 248 g/mol. The molecule has 0 aliphatic rings. The summed E-state index contributed by atoms with van der Waals surface area (Å²) in [5.74, 6) is -3.32. The molecular formula is C10H18O8. The van der Waals surface area contributed by atoms with Crippen molar-refractivity contribution < 1.29 is 39.9 Å². The Morgan fingerprint density at radius 2 is 1.67 bits per heavy atom. The van der Waals surface area contributed by atoms with Crippen molar-refractivity contribution in [2.24, 2.45) is 0 Å². The third-order valence-corrected chi connectivity index (χ3v) is 2.67. The van der Waals surface area contributed by atoms with Gasteiger partial charge in [-0.1, -0.05) is 6.92 Å². The first-order valence-corrected chi connectivity index (χ1v) is 5.38. The van der Waals surface area contributed by atoms with Gasteiger partial charge in [-0.25, -0.2) is 9.59 Å². The van der Waals surface area contributed by atoms with Crippen LogP contribution < -0.4 is 0 Å². The average molecular weight is 266 g/mol. The Kier molecular flexibility index (Phi) is 6.19. The van der Waals surface area contributed by atoms with Crippen LogP contribution in [0.3, 0.4) is 0 Å². The fraction of sp³-hybridized carbons (Fsp3) is 0.800. The van der Waals surface area contributed by atoms with Gasteiger partial charge in [0.05, 0.1) is 0 Å². The number of hydrogen-bond acceptors (Lipinski definition) is 6. The largest absolute Gasteiger partial charge is 0.479 e. The van der Waals surface area contributed by atoms with Crippen molar-refractivity contribution in [1.82, 2.24) is 0 Å². The summed E-state index contributed by atoms with van der Waals surface area (Å²) in [5, 5.41) is 45.9. The summed E-state index contributed by atoms with van der Waals surface area (Å²) in [4.78, 5) is 21.6. The smallest absolute Gasteiger partial charge is 0.338 e. The fourth-order valence-corrected chi connectivity index (χ4v) is 1.59. The topological polar surface area (TPSA) is 145 Å². The lowest BCUT2D eigenvalue weighted by Gasteiger charge is -2.35. The number of carboxylic acid groups (broad SMARTS) is 2. The van der Waals surface area contributed by atoms with E-state index in [0.717, 1.165) is 0 Å². The van der Waals surface area contributed by atoms with E-state index < -0.39 is 35.9 Å². The lowest BCUT2D eigenvalue weighted by Crippen LogP contribution is -2.59. The molecule has 0 radical (unpaired) electrons. The monoisotopic (exact) mass is 266 g/mol. The van der Waals surface area contributed by atoms with Crippen molar-refractivity contribution in [1.29, 1.82) is 0 Å². The van der Waals surface area contributed by atoms with E-state index in [1.807, 2.05) is 0 Å². The van der Waals surface area contributed by atoms with Gasteiger partial charge in [0.15, 0.2) is 11.7 Å². The normalized spacial score (nSPS) is 19.6. The van der Waals surface area contributed by atoms with E-state index >= 15 is 0 Å². The maximum Gasteiger partial charge on any atom is 0.338 e. The van der Waals surface area contributed by atoms with E-state index in [4.69, 9.17) is 20.1 Å². The molecule has 0 aromatic rings. The minimum Gasteiger partial charge on any atom is -0.479 e. The number of carbonyl (C=O) groups is 2. The minimum atomic E-state index is -2.30. The molecule has 0 aliphatic carbocycles. The zero-order valence-electron chi connectivity index (χ0n) is 10.1. The van der Waals surface area contributed by atoms with Crippen LogP contribution in [0, 0.1) is 0 Å². The molecule has 0 bridgehead atoms. The van der Waals surface area contributed by atoms with E-state index in [-0.39, 0.29) is 13.0 Å². The van der Waals surface area contributed by atoms with Gasteiger partial charge >= 0.3 is 11.9 Å². The highest BCUT2D eigenvalue weighted by Crippen LogP contribution is 2.25. The first kappa shape index (κ1) is 16.8. The summed E-state index contributed by atoms with van der Waals surface area (Å²) >= 11 is 0. The van der Waals surface area contributed by atoms with E-state index in [9.17, 15) is 19.8 Å². The molecule has 0 saturated carbocycles. The van der Waals surface area contributed by atoms with Gasteiger partial charge in [0.1, 0.15) is 12.2 Å². The lowest BCUT2D eigenvalue weighted by molar-refractivity contribution is -0.205. The molecule has 0 aliphatic heterocycles. The zero-order valence-corrected chi connectivity index (χ0v) is 10.1. The van der Waals surface area contributed by atoms with Gasteiger partial charge in [-0.3, -0.25) is 0 Å². The Bertz CT molecular complexity index is 304. The Morgan fingerprint density at radius 3 is 1.94 bits per heavy atom. The summed E-state index contributed by atoms with van der Waals surface area (Å²) < 4.78 is 4.94. The molecule has 8 heteroatoms. The Labute approximate surface area is 103 Å². The van der Waals surface area contributed by atoms with Gasteiger partial charge in [-0.2, -0.15) is 0 Å². The molecule has 0 heterocycles. The number of ether oxygens (including phenoxy) is 1. The quantitative estimate of drug-likeness (QED) is 0.354. The second-order valence-corrected chi connectivity index (χ2v) is 3.70. The maximum absolute atomic E-state index is 11.2. The van der Waals surface area contributed by atoms with E-state index in [2.05, 4.69) is 0 Å². The molecule has 0 amide bonds. The third kappa shape index (κ3) is 3.16. The van der Waals surface area contributed by atoms with Gasteiger partial charge < -0.3 is 30.3 Å². The van der Waals surface area contributed by atoms with Crippen LogP contribution in [0.5, 0.6) is 0 Å². The summed E-state index contributed by atoms with van der Waals surface area (Å²) in [6.45, 7) is 2.82. The third-order valence-electron chi connectivity index (χ3n) is 2.67. The minimum absolute atomic E-state index is 0.0624. The van der Waals surface area contributed by atoms with Crippen molar-refractivity contribution >= 4 is 11.9 Å². The van der Waals surface area contributed by atoms with Crippen molar-refractivity contribution in [3.63, 3.8) is 0 Å². The van der Waals surface area contributed by atoms with Crippen LogP contribution in [0.4, 0.5) is 0 Å². The van der Waals surface area contributed by atoms with Gasteiger partial charge in [0, 0.05) is 6.61 Å². The molecule has 18 heavy (non-hydrogen) atoms. The number of aliphatic carboxylic acids is 2. The number of rotatable bonds is 8. The molecule has 8 nitrogen and oxygen atoms in total. The molecule has 0 rings (SSSR count). The van der Waals surface area contributed by atoms with E-state index in [0.29, 0.717) is 0 Å². The fourth-order valence-electron chi connectivity index (χ4n) is 1.59. The second kappa shape index (κ2) is 6.64. The highest BCUT2D eigenvalue weighted by atomic mass is 16.5. The summed E-state index contributed by atoms with van der Waals surface area (Å²) in [7, 11) is 0. The van der Waals surface area contributed by atoms with Crippen LogP contribution in [0.15, 0.2) is 0 Å². The second-order valence-electron chi connectivity index (χ2n) is 3.70. The number of hydrogen-bond donors (Lipinski definition) is 5. The zero-order chi connectivity index (χ0) is 14.5. The van der Waals surface area contributed by atoms with Crippen LogP contribution in [0.25, 0.3) is 0 Å². The molecule has 4 atom stereocenters. The standard InChI is InChI=1S/C10H18O8/c1-3-10(9(16)17,18-4-2)7(13)5(11)6(12)8(14)15/h5-7,11-13H,3-4H2,1-2H3,(H,14,15)(H,16,17)/t5-,6-,7-,10+/m0/s1. The number of aliphatic hydroxyl groups is 3. The molecule has 106 valence electrons. The summed E-state index contributed by atoms with van der Waals surface area (Å²) in [6, 6.07) is 0. The first-order chi connectivity index (χ1) is 8.24. The number of carboxylic acids is 2. The van der Waals surface area contributed by atoms with Crippen molar-refractivity contribution in [2.45, 2.75) is 44.2 Å². The van der Waals surface area contributed by atoms with Gasteiger partial charge in [0.2, 0.25) is 0 Å².